The second-order valence-corrected chi connectivity index (χ2v) is 4.90. The van der Waals surface area contributed by atoms with E-state index in [1.54, 1.807) is 0 Å². The van der Waals surface area contributed by atoms with Gasteiger partial charge in [-0.2, -0.15) is 0 Å². The Morgan fingerprint density at radius 2 is 2.05 bits per heavy atom. The predicted molar refractivity (Wildman–Crippen MR) is 70.6 cm³/mol. The Labute approximate surface area is 116 Å². The molecule has 0 atom stereocenters. The first-order valence-electron chi connectivity index (χ1n) is 5.06. The third kappa shape index (κ3) is 2.91. The lowest BCUT2D eigenvalue weighted by atomic mass is 10.2. The smallest absolute Gasteiger partial charge is 0.348 e. The van der Waals surface area contributed by atoms with Gasteiger partial charge in [0.25, 0.3) is 5.91 Å². The fraction of sp³-hybridized carbons (Fsp3) is 0. The highest BCUT2D eigenvalue weighted by molar-refractivity contribution is 7.12. The number of halogens is 2. The summed E-state index contributed by atoms with van der Waals surface area (Å²) in [6.45, 7) is 0. The molecule has 0 radical (unpaired) electrons. The van der Waals surface area contributed by atoms with E-state index in [1.165, 1.54) is 23.6 Å². The highest BCUT2D eigenvalue weighted by Crippen LogP contribution is 2.23. The quantitative estimate of drug-likeness (QED) is 0.911. The summed E-state index contributed by atoms with van der Waals surface area (Å²) in [6.07, 6.45) is 0. The standard InChI is InChI=1S/C12H7ClFNO3S/c13-6-1-2-8(14)7(5-6)11(16)15-9-3-4-19-10(9)12(17)18/h1-5H,(H,15,16)(H,17,18). The molecule has 0 saturated carbocycles. The minimum absolute atomic E-state index is 0.0178. The molecule has 19 heavy (non-hydrogen) atoms. The molecule has 1 heterocycles. The largest absolute Gasteiger partial charge is 0.477 e. The maximum Gasteiger partial charge on any atom is 0.348 e. The Bertz CT molecular complexity index is 656. The van der Waals surface area contributed by atoms with Gasteiger partial charge in [0.15, 0.2) is 0 Å². The number of rotatable bonds is 3. The fourth-order valence-corrected chi connectivity index (χ4v) is 2.29. The third-order valence-corrected chi connectivity index (χ3v) is 3.42. The molecule has 2 N–H and O–H groups in total. The van der Waals surface area contributed by atoms with Crippen LogP contribution in [-0.2, 0) is 0 Å². The number of anilines is 1. The van der Waals surface area contributed by atoms with Crippen molar-refractivity contribution in [1.29, 1.82) is 0 Å². The van der Waals surface area contributed by atoms with E-state index in [-0.39, 0.29) is 21.2 Å². The van der Waals surface area contributed by atoms with Crippen molar-refractivity contribution in [2.75, 3.05) is 5.32 Å². The molecule has 0 spiro atoms. The van der Waals surface area contributed by atoms with E-state index >= 15 is 0 Å². The summed E-state index contributed by atoms with van der Waals surface area (Å²) in [4.78, 5) is 22.7. The van der Waals surface area contributed by atoms with Gasteiger partial charge in [-0.3, -0.25) is 4.79 Å². The summed E-state index contributed by atoms with van der Waals surface area (Å²) in [5, 5.41) is 13.0. The average molecular weight is 300 g/mol. The molecule has 0 aliphatic rings. The zero-order chi connectivity index (χ0) is 14.0. The average Bonchev–Trinajstić information content (AvgIpc) is 2.80. The van der Waals surface area contributed by atoms with Crippen molar-refractivity contribution in [3.05, 3.63) is 50.9 Å². The van der Waals surface area contributed by atoms with Crippen molar-refractivity contribution in [3.8, 4) is 0 Å². The number of hydrogen-bond acceptors (Lipinski definition) is 3. The molecule has 0 bridgehead atoms. The molecule has 98 valence electrons. The number of amides is 1. The van der Waals surface area contributed by atoms with Crippen LogP contribution < -0.4 is 5.32 Å². The van der Waals surface area contributed by atoms with Gasteiger partial charge in [-0.1, -0.05) is 11.6 Å². The summed E-state index contributed by atoms with van der Waals surface area (Å²) in [7, 11) is 0. The monoisotopic (exact) mass is 299 g/mol. The van der Waals surface area contributed by atoms with E-state index in [2.05, 4.69) is 5.32 Å². The Morgan fingerprint density at radius 3 is 2.74 bits per heavy atom. The van der Waals surface area contributed by atoms with Gasteiger partial charge in [-0.25, -0.2) is 9.18 Å². The van der Waals surface area contributed by atoms with Crippen molar-refractivity contribution in [1.82, 2.24) is 0 Å². The lowest BCUT2D eigenvalue weighted by Gasteiger charge is -2.06. The number of carboxylic acid groups (broad SMARTS) is 1. The van der Waals surface area contributed by atoms with Crippen LogP contribution >= 0.6 is 22.9 Å². The number of carbonyl (C=O) groups is 2. The first-order valence-corrected chi connectivity index (χ1v) is 6.32. The molecule has 4 nitrogen and oxygen atoms in total. The minimum atomic E-state index is -1.16. The van der Waals surface area contributed by atoms with Crippen molar-refractivity contribution in [2.24, 2.45) is 0 Å². The number of thiophene rings is 1. The van der Waals surface area contributed by atoms with Crippen LogP contribution in [0.3, 0.4) is 0 Å². The molecule has 1 aromatic carbocycles. The van der Waals surface area contributed by atoms with Crippen molar-refractivity contribution >= 4 is 40.5 Å². The second-order valence-electron chi connectivity index (χ2n) is 3.55. The Hall–Kier alpha value is -1.92. The fourth-order valence-electron chi connectivity index (χ4n) is 1.43. The van der Waals surface area contributed by atoms with Crippen LogP contribution in [0.5, 0.6) is 0 Å². The topological polar surface area (TPSA) is 66.4 Å². The Balaban J connectivity index is 2.28. The van der Waals surface area contributed by atoms with Gasteiger partial charge in [-0.05, 0) is 29.6 Å². The van der Waals surface area contributed by atoms with E-state index in [0.717, 1.165) is 17.4 Å². The van der Waals surface area contributed by atoms with Crippen LogP contribution in [-0.4, -0.2) is 17.0 Å². The highest BCUT2D eigenvalue weighted by atomic mass is 35.5. The molecular weight excluding hydrogens is 293 g/mol. The molecule has 0 aliphatic carbocycles. The molecule has 2 aromatic rings. The normalized spacial score (nSPS) is 10.2. The summed E-state index contributed by atoms with van der Waals surface area (Å²) in [5.74, 6) is -2.63. The summed E-state index contributed by atoms with van der Waals surface area (Å²) in [6, 6.07) is 5.01. The van der Waals surface area contributed by atoms with E-state index < -0.39 is 17.7 Å². The van der Waals surface area contributed by atoms with Crippen LogP contribution in [0.25, 0.3) is 0 Å². The number of carbonyl (C=O) groups excluding carboxylic acids is 1. The first-order chi connectivity index (χ1) is 8.99. The molecule has 0 saturated heterocycles. The first kappa shape index (κ1) is 13.5. The van der Waals surface area contributed by atoms with Crippen molar-refractivity contribution < 1.29 is 19.1 Å². The third-order valence-electron chi connectivity index (χ3n) is 2.28. The van der Waals surface area contributed by atoms with Crippen LogP contribution in [0.4, 0.5) is 10.1 Å². The van der Waals surface area contributed by atoms with Gasteiger partial charge in [0, 0.05) is 5.02 Å². The molecule has 2 rings (SSSR count). The van der Waals surface area contributed by atoms with Gasteiger partial charge in [0.1, 0.15) is 10.7 Å². The van der Waals surface area contributed by atoms with E-state index in [1.807, 2.05) is 0 Å². The van der Waals surface area contributed by atoms with Gasteiger partial charge >= 0.3 is 5.97 Å². The minimum Gasteiger partial charge on any atom is -0.477 e. The van der Waals surface area contributed by atoms with E-state index in [4.69, 9.17) is 16.7 Å². The van der Waals surface area contributed by atoms with Crippen LogP contribution in [0.1, 0.15) is 20.0 Å². The van der Waals surface area contributed by atoms with Crippen LogP contribution in [0.15, 0.2) is 29.6 Å². The van der Waals surface area contributed by atoms with E-state index in [9.17, 15) is 14.0 Å². The predicted octanol–water partition coefficient (Wildman–Crippen LogP) is 3.49. The summed E-state index contributed by atoms with van der Waals surface area (Å²) in [5.41, 5.74) is -0.114. The van der Waals surface area contributed by atoms with Gasteiger partial charge in [0.05, 0.1) is 11.3 Å². The Kier molecular flexibility index (Phi) is 3.82. The Morgan fingerprint density at radius 1 is 1.32 bits per heavy atom. The number of nitrogens with one attached hydrogen (secondary N) is 1. The lowest BCUT2D eigenvalue weighted by Crippen LogP contribution is -2.15. The number of aromatic carboxylic acids is 1. The van der Waals surface area contributed by atoms with Crippen molar-refractivity contribution in [3.63, 3.8) is 0 Å². The maximum absolute atomic E-state index is 13.5. The van der Waals surface area contributed by atoms with E-state index in [0.29, 0.717) is 0 Å². The van der Waals surface area contributed by atoms with Gasteiger partial charge in [0.2, 0.25) is 0 Å². The maximum atomic E-state index is 13.5. The van der Waals surface area contributed by atoms with Gasteiger partial charge < -0.3 is 10.4 Å². The SMILES string of the molecule is O=C(Nc1ccsc1C(=O)O)c1cc(Cl)ccc1F. The molecule has 1 aromatic heterocycles. The summed E-state index contributed by atoms with van der Waals surface area (Å²) >= 11 is 6.65. The number of hydrogen-bond donors (Lipinski definition) is 2. The molecular formula is C12H7ClFNO3S. The highest BCUT2D eigenvalue weighted by Gasteiger charge is 2.17. The second kappa shape index (κ2) is 5.38. The van der Waals surface area contributed by atoms with Crippen LogP contribution in [0, 0.1) is 5.82 Å². The lowest BCUT2D eigenvalue weighted by molar-refractivity contribution is 0.0703. The zero-order valence-electron chi connectivity index (χ0n) is 9.31. The molecule has 1 amide bonds. The molecule has 0 fully saturated rings. The van der Waals surface area contributed by atoms with Crippen LogP contribution in [0.2, 0.25) is 5.02 Å². The number of carboxylic acids is 1. The number of benzene rings is 1. The molecule has 7 heteroatoms. The van der Waals surface area contributed by atoms with Gasteiger partial charge in [-0.15, -0.1) is 11.3 Å². The zero-order valence-corrected chi connectivity index (χ0v) is 10.9. The van der Waals surface area contributed by atoms with Crippen molar-refractivity contribution in [2.45, 2.75) is 0 Å². The molecule has 0 unspecified atom stereocenters. The summed E-state index contributed by atoms with van der Waals surface area (Å²) < 4.78 is 13.5. The molecule has 0 aliphatic heterocycles.